The number of hydrogen-bond acceptors (Lipinski definition) is 5. The van der Waals surface area contributed by atoms with Crippen LogP contribution in [0.2, 0.25) is 0 Å². The first-order valence-electron chi connectivity index (χ1n) is 9.75. The van der Waals surface area contributed by atoms with Crippen LogP contribution in [0.4, 0.5) is 0 Å². The van der Waals surface area contributed by atoms with Gasteiger partial charge in [0.2, 0.25) is 0 Å². The molecule has 27 heavy (non-hydrogen) atoms. The second-order valence-corrected chi connectivity index (χ2v) is 8.14. The number of aryl methyl sites for hydroxylation is 1. The van der Waals surface area contributed by atoms with E-state index >= 15 is 0 Å². The molecule has 6 heteroatoms. The Bertz CT molecular complexity index is 610. The summed E-state index contributed by atoms with van der Waals surface area (Å²) in [5.74, 6) is -1.50. The molecule has 0 spiro atoms. The average molecular weight is 395 g/mol. The largest absolute Gasteiger partial charge is 0.481 e. The van der Waals surface area contributed by atoms with Gasteiger partial charge in [0.15, 0.2) is 0 Å². The van der Waals surface area contributed by atoms with Crippen LogP contribution in [0.1, 0.15) is 56.9 Å². The molecule has 3 N–H and O–H groups in total. The normalized spacial score (nSPS) is 25.3. The first-order chi connectivity index (χ1) is 13.0. The lowest BCUT2D eigenvalue weighted by Crippen LogP contribution is -2.29. The zero-order chi connectivity index (χ0) is 19.6. The van der Waals surface area contributed by atoms with Crippen LogP contribution in [0.3, 0.4) is 0 Å². The lowest BCUT2D eigenvalue weighted by atomic mass is 9.85. The van der Waals surface area contributed by atoms with E-state index in [1.54, 1.807) is 11.3 Å². The van der Waals surface area contributed by atoms with E-state index in [0.29, 0.717) is 25.7 Å². The van der Waals surface area contributed by atoms with E-state index in [9.17, 15) is 19.8 Å². The minimum atomic E-state index is -0.803. The van der Waals surface area contributed by atoms with E-state index in [4.69, 9.17) is 5.11 Å². The van der Waals surface area contributed by atoms with Gasteiger partial charge in [0.1, 0.15) is 5.78 Å². The fraction of sp³-hybridized carbons (Fsp3) is 0.619. The van der Waals surface area contributed by atoms with Gasteiger partial charge in [-0.25, -0.2) is 0 Å². The molecule has 4 atom stereocenters. The van der Waals surface area contributed by atoms with Crippen LogP contribution in [-0.4, -0.2) is 39.3 Å². The predicted molar refractivity (Wildman–Crippen MR) is 106 cm³/mol. The van der Waals surface area contributed by atoms with Gasteiger partial charge in [-0.2, -0.15) is 11.3 Å². The summed E-state index contributed by atoms with van der Waals surface area (Å²) in [5.41, 5.74) is 1.30. The van der Waals surface area contributed by atoms with Crippen molar-refractivity contribution >= 4 is 23.1 Å². The maximum atomic E-state index is 12.6. The molecule has 1 aliphatic rings. The standard InChI is InChI=1S/C21H30O5S/c22-17(9-6-5-7-15-11-12-27-14-15)21-16(18(23)13-19(21)24)8-3-1-2-4-10-20(25)26/h1,3,11-12,14,16,18-19,21,23-24H,2,4-10,13H2,(H,25,26)/t16?,18-,19+,21?/m0/s1. The van der Waals surface area contributed by atoms with Crippen LogP contribution < -0.4 is 0 Å². The van der Waals surface area contributed by atoms with Crippen molar-refractivity contribution < 1.29 is 24.9 Å². The van der Waals surface area contributed by atoms with Gasteiger partial charge in [0, 0.05) is 31.1 Å². The van der Waals surface area contributed by atoms with Crippen molar-refractivity contribution in [2.75, 3.05) is 0 Å². The monoisotopic (exact) mass is 394 g/mol. The molecule has 0 aromatic carbocycles. The Morgan fingerprint density at radius 1 is 1.11 bits per heavy atom. The minimum absolute atomic E-state index is 0.0497. The number of carbonyl (C=O) groups is 2. The lowest BCUT2D eigenvalue weighted by Gasteiger charge is -2.21. The van der Waals surface area contributed by atoms with E-state index in [1.165, 1.54) is 5.56 Å². The third-order valence-corrected chi connectivity index (χ3v) is 6.01. The Balaban J connectivity index is 1.76. The summed E-state index contributed by atoms with van der Waals surface area (Å²) in [6.07, 6.45) is 7.71. The molecule has 1 fully saturated rings. The van der Waals surface area contributed by atoms with Crippen LogP contribution in [0.5, 0.6) is 0 Å². The molecule has 0 bridgehead atoms. The quantitative estimate of drug-likeness (QED) is 0.372. The Morgan fingerprint density at radius 2 is 1.93 bits per heavy atom. The number of allylic oxidation sites excluding steroid dienone is 2. The Morgan fingerprint density at radius 3 is 2.63 bits per heavy atom. The summed E-state index contributed by atoms with van der Waals surface area (Å²) in [4.78, 5) is 23.1. The van der Waals surface area contributed by atoms with E-state index in [0.717, 1.165) is 19.3 Å². The highest BCUT2D eigenvalue weighted by Crippen LogP contribution is 2.37. The van der Waals surface area contributed by atoms with E-state index in [1.807, 2.05) is 12.2 Å². The number of carboxylic acid groups (broad SMARTS) is 1. The number of aliphatic carboxylic acids is 1. The number of carboxylic acids is 1. The highest BCUT2D eigenvalue weighted by molar-refractivity contribution is 7.07. The molecule has 1 aromatic rings. The highest BCUT2D eigenvalue weighted by Gasteiger charge is 2.44. The van der Waals surface area contributed by atoms with Gasteiger partial charge in [0.05, 0.1) is 12.2 Å². The number of unbranched alkanes of at least 4 members (excludes halogenated alkanes) is 2. The molecular formula is C21H30O5S. The second kappa shape index (κ2) is 11.4. The average Bonchev–Trinajstić information content (AvgIpc) is 3.22. The number of aliphatic hydroxyl groups is 2. The summed E-state index contributed by atoms with van der Waals surface area (Å²) in [7, 11) is 0. The maximum absolute atomic E-state index is 12.6. The van der Waals surface area contributed by atoms with Gasteiger partial charge in [-0.05, 0) is 60.9 Å². The Labute approximate surface area is 164 Å². The van der Waals surface area contributed by atoms with Crippen LogP contribution in [0.15, 0.2) is 29.0 Å². The van der Waals surface area contributed by atoms with Crippen LogP contribution in [0.25, 0.3) is 0 Å². The van der Waals surface area contributed by atoms with Crippen LogP contribution in [0, 0.1) is 11.8 Å². The number of thiophene rings is 1. The van der Waals surface area contributed by atoms with Gasteiger partial charge in [-0.3, -0.25) is 9.59 Å². The molecule has 0 aliphatic heterocycles. The predicted octanol–water partition coefficient (Wildman–Crippen LogP) is 3.59. The van der Waals surface area contributed by atoms with Gasteiger partial charge in [-0.1, -0.05) is 12.2 Å². The van der Waals surface area contributed by atoms with E-state index in [-0.39, 0.29) is 24.5 Å². The van der Waals surface area contributed by atoms with Gasteiger partial charge >= 0.3 is 5.97 Å². The molecule has 1 aliphatic carbocycles. The molecule has 1 saturated carbocycles. The number of Topliss-reactive ketones (excluding diaryl/α,β-unsaturated/α-hetero) is 1. The highest BCUT2D eigenvalue weighted by atomic mass is 32.1. The molecule has 0 amide bonds. The van der Waals surface area contributed by atoms with Crippen molar-refractivity contribution in [2.45, 2.75) is 70.0 Å². The minimum Gasteiger partial charge on any atom is -0.481 e. The third-order valence-electron chi connectivity index (χ3n) is 5.28. The smallest absolute Gasteiger partial charge is 0.303 e. The fourth-order valence-electron chi connectivity index (χ4n) is 3.82. The summed E-state index contributed by atoms with van der Waals surface area (Å²) in [6.45, 7) is 0. The van der Waals surface area contributed by atoms with Crippen molar-refractivity contribution in [2.24, 2.45) is 11.8 Å². The molecule has 1 heterocycles. The Kier molecular flexibility index (Phi) is 9.18. The van der Waals surface area contributed by atoms with Crippen molar-refractivity contribution in [1.29, 1.82) is 0 Å². The van der Waals surface area contributed by atoms with E-state index < -0.39 is 24.1 Å². The van der Waals surface area contributed by atoms with Crippen molar-refractivity contribution in [3.63, 3.8) is 0 Å². The number of rotatable bonds is 12. The summed E-state index contributed by atoms with van der Waals surface area (Å²) < 4.78 is 0. The van der Waals surface area contributed by atoms with Crippen LogP contribution in [-0.2, 0) is 16.0 Å². The third kappa shape index (κ3) is 7.20. The molecule has 150 valence electrons. The second-order valence-electron chi connectivity index (χ2n) is 7.36. The SMILES string of the molecule is O=C(O)CCCC=CCC1C(C(=O)CCCCc2ccsc2)[C@H](O)C[C@@H]1O. The fourth-order valence-corrected chi connectivity index (χ4v) is 4.53. The first kappa shape index (κ1) is 21.8. The summed E-state index contributed by atoms with van der Waals surface area (Å²) >= 11 is 1.68. The summed E-state index contributed by atoms with van der Waals surface area (Å²) in [6, 6.07) is 2.10. The molecular weight excluding hydrogens is 364 g/mol. The molecule has 0 saturated heterocycles. The van der Waals surface area contributed by atoms with Crippen molar-refractivity contribution in [3.8, 4) is 0 Å². The summed E-state index contributed by atoms with van der Waals surface area (Å²) in [5, 5.41) is 33.3. The van der Waals surface area contributed by atoms with Crippen molar-refractivity contribution in [3.05, 3.63) is 34.5 Å². The van der Waals surface area contributed by atoms with Crippen LogP contribution >= 0.6 is 11.3 Å². The Hall–Kier alpha value is -1.50. The zero-order valence-corrected chi connectivity index (χ0v) is 16.4. The number of aliphatic hydroxyl groups excluding tert-OH is 2. The number of ketones is 1. The zero-order valence-electron chi connectivity index (χ0n) is 15.6. The number of hydrogen-bond donors (Lipinski definition) is 3. The molecule has 0 radical (unpaired) electrons. The van der Waals surface area contributed by atoms with Gasteiger partial charge < -0.3 is 15.3 Å². The maximum Gasteiger partial charge on any atom is 0.303 e. The topological polar surface area (TPSA) is 94.8 Å². The van der Waals surface area contributed by atoms with Crippen molar-refractivity contribution in [1.82, 2.24) is 0 Å². The number of carbonyl (C=O) groups excluding carboxylic acids is 1. The molecule has 5 nitrogen and oxygen atoms in total. The lowest BCUT2D eigenvalue weighted by molar-refractivity contribution is -0.137. The molecule has 2 unspecified atom stereocenters. The molecule has 1 aromatic heterocycles. The van der Waals surface area contributed by atoms with Gasteiger partial charge in [0.25, 0.3) is 0 Å². The molecule has 2 rings (SSSR count). The first-order valence-corrected chi connectivity index (χ1v) is 10.7. The van der Waals surface area contributed by atoms with Gasteiger partial charge in [-0.15, -0.1) is 0 Å². The van der Waals surface area contributed by atoms with E-state index in [2.05, 4.69) is 16.8 Å².